The SMILES string of the molecule is C=C[Si](C)(C)O[Si](C)(C)O[Si](O[Si](C)O)([Si](C)([Si])OC)[Si](O[Si]O)([Si]O)[Si]O. The van der Waals surface area contributed by atoms with Crippen LogP contribution in [0.25, 0.3) is 0 Å². The van der Waals surface area contributed by atoms with Crippen molar-refractivity contribution in [2.75, 3.05) is 7.11 Å². The minimum absolute atomic E-state index is 0.848. The van der Waals surface area contributed by atoms with E-state index in [9.17, 15) is 19.2 Å². The van der Waals surface area contributed by atoms with Gasteiger partial charge in [-0.2, -0.15) is 0 Å². The van der Waals surface area contributed by atoms with E-state index in [1.54, 1.807) is 12.2 Å². The number of rotatable bonds is 14. The summed E-state index contributed by atoms with van der Waals surface area (Å²) in [6.07, 6.45) is 0. The molecule has 0 heterocycles. The second kappa shape index (κ2) is 11.4. The molecule has 4 N–H and O–H groups in total. The first-order valence-corrected chi connectivity index (χ1v) is 30.1. The van der Waals surface area contributed by atoms with Crippen LogP contribution in [0.3, 0.4) is 0 Å². The van der Waals surface area contributed by atoms with Crippen LogP contribution in [-0.2, 0) is 20.9 Å². The van der Waals surface area contributed by atoms with Crippen molar-refractivity contribution in [3.63, 3.8) is 0 Å². The van der Waals surface area contributed by atoms with Gasteiger partial charge in [0.05, 0.1) is 9.76 Å². The highest BCUT2D eigenvalue weighted by Crippen LogP contribution is 2.34. The van der Waals surface area contributed by atoms with Crippen LogP contribution in [0.1, 0.15) is 0 Å². The maximum atomic E-state index is 10.3. The Balaban J connectivity index is 6.69. The molecule has 0 aromatic carbocycles. The van der Waals surface area contributed by atoms with Gasteiger partial charge in [-0.3, -0.25) is 0 Å². The summed E-state index contributed by atoms with van der Waals surface area (Å²) >= 11 is 0. The van der Waals surface area contributed by atoms with Gasteiger partial charge < -0.3 is 40.1 Å². The molecule has 19 heteroatoms. The Bertz CT molecular complexity index is 503. The summed E-state index contributed by atoms with van der Waals surface area (Å²) in [5, 5.41) is 0. The zero-order valence-corrected chi connectivity index (χ0v) is 27.1. The summed E-state index contributed by atoms with van der Waals surface area (Å²) in [4.78, 5) is 40.4. The van der Waals surface area contributed by atoms with E-state index < -0.39 is 76.5 Å². The Hall–Kier alpha value is 1.55. The maximum Gasteiger partial charge on any atom is 0.418 e. The molecule has 0 amide bonds. The number of hydrogen-bond donors (Lipinski definition) is 4. The molecule has 0 spiro atoms. The third-order valence-electron chi connectivity index (χ3n) is 3.69. The van der Waals surface area contributed by atoms with Crippen LogP contribution >= 0.6 is 0 Å². The van der Waals surface area contributed by atoms with Crippen molar-refractivity contribution in [3.8, 4) is 0 Å². The molecule has 0 aliphatic heterocycles. The van der Waals surface area contributed by atoms with Crippen molar-refractivity contribution in [1.82, 2.24) is 0 Å². The van der Waals surface area contributed by atoms with E-state index in [4.69, 9.17) is 20.9 Å². The van der Waals surface area contributed by atoms with Crippen LogP contribution < -0.4 is 0 Å². The lowest BCUT2D eigenvalue weighted by atomic mass is 11.3. The predicted octanol–water partition coefficient (Wildman–Crippen LogP) is -2.03. The molecule has 10 radical (unpaired) electrons. The van der Waals surface area contributed by atoms with Gasteiger partial charge in [0.2, 0.25) is 25.9 Å². The third kappa shape index (κ3) is 7.03. The fraction of sp³-hybridized carbons (Fsp3) is 0.778. The largest absolute Gasteiger partial charge is 0.433 e. The summed E-state index contributed by atoms with van der Waals surface area (Å²) in [6.45, 7) is 11.1. The fourth-order valence-electron chi connectivity index (χ4n) is 2.43. The topological polar surface area (TPSA) is 127 Å². The molecule has 2 unspecified atom stereocenters. The molecule has 0 saturated carbocycles. The van der Waals surface area contributed by atoms with Crippen molar-refractivity contribution in [2.24, 2.45) is 0 Å². The Kier molecular flexibility index (Phi) is 12.1. The van der Waals surface area contributed by atoms with E-state index >= 15 is 0 Å². The van der Waals surface area contributed by atoms with Crippen LogP contribution in [0, 0.1) is 0 Å². The molecule has 158 valence electrons. The van der Waals surface area contributed by atoms with Gasteiger partial charge in [-0.05, 0) is 39.3 Å². The van der Waals surface area contributed by atoms with Crippen molar-refractivity contribution >= 4 is 86.3 Å². The van der Waals surface area contributed by atoms with Crippen LogP contribution in [0.5, 0.6) is 0 Å². The number of hydrogen-bond acceptors (Lipinski definition) is 9. The predicted molar refractivity (Wildman–Crippen MR) is 123 cm³/mol. The lowest BCUT2D eigenvalue weighted by Gasteiger charge is -2.52. The molecule has 0 aliphatic rings. The quantitative estimate of drug-likeness (QED) is 0.178. The second-order valence-electron chi connectivity index (χ2n) is 6.98. The molecule has 0 aromatic heterocycles. The first-order valence-electron chi connectivity index (χ1n) is 8.09. The van der Waals surface area contributed by atoms with Gasteiger partial charge in [0.1, 0.15) is 0 Å². The van der Waals surface area contributed by atoms with Gasteiger partial charge in [-0.15, -0.1) is 6.58 Å². The van der Waals surface area contributed by atoms with Gasteiger partial charge >= 0.3 is 35.4 Å². The maximum absolute atomic E-state index is 10.3. The Morgan fingerprint density at radius 2 is 1.54 bits per heavy atom. The molecule has 0 saturated heterocycles. The first-order chi connectivity index (χ1) is 12.6. The third-order valence-corrected chi connectivity index (χ3v) is 62.6. The fourth-order valence-corrected chi connectivity index (χ4v) is 86.2. The Morgan fingerprint density at radius 1 is 1.04 bits per heavy atom. The first kappa shape index (κ1) is 29.5. The average molecular weight is 561 g/mol. The molecule has 9 nitrogen and oxygen atoms in total. The van der Waals surface area contributed by atoms with Gasteiger partial charge in [0.15, 0.2) is 8.32 Å². The van der Waals surface area contributed by atoms with Gasteiger partial charge in [-0.25, -0.2) is 0 Å². The van der Waals surface area contributed by atoms with Crippen molar-refractivity contribution in [3.05, 3.63) is 12.3 Å². The summed E-state index contributed by atoms with van der Waals surface area (Å²) < 4.78 is 30.4. The van der Waals surface area contributed by atoms with Gasteiger partial charge in [-0.1, -0.05) is 5.70 Å². The van der Waals surface area contributed by atoms with Crippen molar-refractivity contribution in [2.45, 2.75) is 39.3 Å². The highest BCUT2D eigenvalue weighted by molar-refractivity contribution is 7.89. The Morgan fingerprint density at radius 3 is 1.86 bits per heavy atom. The molecule has 0 rings (SSSR count). The normalized spacial score (nSPS) is 18.0. The van der Waals surface area contributed by atoms with Crippen LogP contribution in [-0.4, -0.2) is 113 Å². The lowest BCUT2D eigenvalue weighted by molar-refractivity contribution is 0.310. The summed E-state index contributed by atoms with van der Waals surface area (Å²) in [6, 6.07) is 0. The molecule has 0 bridgehead atoms. The molecule has 0 fully saturated rings. The molecule has 0 aliphatic carbocycles. The highest BCUT2D eigenvalue weighted by Gasteiger charge is 2.74. The van der Waals surface area contributed by atoms with E-state index in [0.717, 1.165) is 0 Å². The summed E-state index contributed by atoms with van der Waals surface area (Å²) in [5.74, 6) is 0. The monoisotopic (exact) mass is 560 g/mol. The minimum atomic E-state index is -3.80. The molecular formula is C9H28O9Si10. The smallest absolute Gasteiger partial charge is 0.418 e. The molecule has 2 atom stereocenters. The second-order valence-corrected chi connectivity index (χ2v) is 48.3. The van der Waals surface area contributed by atoms with E-state index in [1.807, 2.05) is 26.2 Å². The zero-order chi connectivity index (χ0) is 22.4. The van der Waals surface area contributed by atoms with E-state index in [-0.39, 0.29) is 0 Å². The summed E-state index contributed by atoms with van der Waals surface area (Å²) in [5.41, 5.74) is 1.79. The van der Waals surface area contributed by atoms with Crippen molar-refractivity contribution in [1.29, 1.82) is 0 Å². The highest BCUT2D eigenvalue weighted by atomic mass is 30.1. The molecule has 0 aromatic rings. The lowest BCUT2D eigenvalue weighted by Crippen LogP contribution is -2.89. The minimum Gasteiger partial charge on any atom is -0.433 e. The van der Waals surface area contributed by atoms with E-state index in [0.29, 0.717) is 0 Å². The Labute approximate surface area is 184 Å². The van der Waals surface area contributed by atoms with Crippen LogP contribution in [0.4, 0.5) is 0 Å². The standard InChI is InChI=1S/C9H28O9Si10/c1-9-24(4,5)17-25(6,7)18-27(16-23(3)13,26(8,19)14-2)28(21-11,22-12)15-20-10/h9-13H,1H2,2-8H3. The van der Waals surface area contributed by atoms with Gasteiger partial charge in [0, 0.05) is 7.11 Å². The van der Waals surface area contributed by atoms with E-state index in [2.05, 4.69) is 16.3 Å². The van der Waals surface area contributed by atoms with Crippen LogP contribution in [0.15, 0.2) is 12.3 Å². The molecular weight excluding hydrogens is 533 g/mol. The van der Waals surface area contributed by atoms with Crippen molar-refractivity contribution < 1.29 is 40.1 Å². The van der Waals surface area contributed by atoms with E-state index in [1.165, 1.54) is 13.7 Å². The molecule has 28 heavy (non-hydrogen) atoms. The average Bonchev–Trinajstić information content (AvgIpc) is 2.57. The summed E-state index contributed by atoms with van der Waals surface area (Å²) in [7, 11) is -11.9. The van der Waals surface area contributed by atoms with Gasteiger partial charge in [0.25, 0.3) is 6.87 Å². The zero-order valence-electron chi connectivity index (χ0n) is 17.1. The van der Waals surface area contributed by atoms with Crippen LogP contribution in [0.2, 0.25) is 39.3 Å².